The summed E-state index contributed by atoms with van der Waals surface area (Å²) in [6.45, 7) is -0.679. The molecule has 0 saturated carbocycles. The summed E-state index contributed by atoms with van der Waals surface area (Å²) in [4.78, 5) is 15.2. The second kappa shape index (κ2) is 7.87. The maximum absolute atomic E-state index is 11.2. The Bertz CT molecular complexity index is 466. The molecule has 1 heterocycles. The third-order valence-corrected chi connectivity index (χ3v) is 3.03. The lowest BCUT2D eigenvalue weighted by Gasteiger charge is -2.17. The molecule has 10 heteroatoms. The molecule has 0 aliphatic heterocycles. The summed E-state index contributed by atoms with van der Waals surface area (Å²) >= 11 is 1.13. The normalized spacial score (nSPS) is 15.8. The van der Waals surface area contributed by atoms with Gasteiger partial charge in [-0.1, -0.05) is 0 Å². The number of hydrogen-bond acceptors (Lipinski definition) is 9. The van der Waals surface area contributed by atoms with Crippen LogP contribution in [0, 0.1) is 0 Å². The smallest absolute Gasteiger partial charge is 0.270 e. The number of rotatable bonds is 7. The Kier molecular flexibility index (Phi) is 6.48. The Labute approximate surface area is 118 Å². The third-order valence-electron chi connectivity index (χ3n) is 2.28. The van der Waals surface area contributed by atoms with Gasteiger partial charge in [-0.15, -0.1) is 11.3 Å². The predicted molar refractivity (Wildman–Crippen MR) is 72.7 cm³/mol. The van der Waals surface area contributed by atoms with Gasteiger partial charge in [0.2, 0.25) is 5.13 Å². The number of thiazole rings is 1. The summed E-state index contributed by atoms with van der Waals surface area (Å²) in [6.07, 6.45) is -3.52. The summed E-state index contributed by atoms with van der Waals surface area (Å²) in [5.74, 6) is -0.334. The van der Waals surface area contributed by atoms with Gasteiger partial charge in [0.05, 0.1) is 12.8 Å². The molecule has 9 nitrogen and oxygen atoms in total. The average molecular weight is 304 g/mol. The zero-order valence-electron chi connectivity index (χ0n) is 10.6. The van der Waals surface area contributed by atoms with Crippen LogP contribution in [0.1, 0.15) is 10.5 Å². The van der Waals surface area contributed by atoms with Gasteiger partial charge < -0.3 is 25.7 Å². The molecular formula is C10H16N4O5S. The number of anilines is 1. The van der Waals surface area contributed by atoms with Crippen molar-refractivity contribution in [2.75, 3.05) is 19.1 Å². The van der Waals surface area contributed by atoms with E-state index in [1.165, 1.54) is 12.4 Å². The van der Waals surface area contributed by atoms with Crippen LogP contribution in [0.3, 0.4) is 0 Å². The molecule has 0 aromatic carbocycles. The Morgan fingerprint density at radius 1 is 1.55 bits per heavy atom. The molecule has 1 aromatic heterocycles. The first-order valence-electron chi connectivity index (χ1n) is 5.61. The summed E-state index contributed by atoms with van der Waals surface area (Å²) in [6, 6.07) is 0. The van der Waals surface area contributed by atoms with E-state index >= 15 is 0 Å². The number of nitrogens with zero attached hydrogens (tertiary/aromatic N) is 2. The Morgan fingerprint density at radius 2 is 2.25 bits per heavy atom. The first kappa shape index (κ1) is 16.5. The van der Waals surface area contributed by atoms with E-state index in [4.69, 9.17) is 10.2 Å². The maximum Gasteiger partial charge on any atom is 0.270 e. The van der Waals surface area contributed by atoms with Gasteiger partial charge in [-0.25, -0.2) is 4.98 Å². The number of aromatic nitrogens is 1. The van der Waals surface area contributed by atoms with Gasteiger partial charge in [-0.3, -0.25) is 10.2 Å². The van der Waals surface area contributed by atoms with Crippen molar-refractivity contribution < 1.29 is 25.2 Å². The van der Waals surface area contributed by atoms with E-state index in [2.05, 4.69) is 20.8 Å². The molecule has 6 N–H and O–H groups in total. The number of aliphatic hydroxyl groups excluding tert-OH is 4. The third kappa shape index (κ3) is 4.51. The van der Waals surface area contributed by atoms with Gasteiger partial charge >= 0.3 is 0 Å². The molecule has 1 aromatic rings. The molecule has 1 amide bonds. The number of nitrogens with one attached hydrogen (secondary N) is 2. The highest BCUT2D eigenvalue weighted by atomic mass is 32.1. The quantitative estimate of drug-likeness (QED) is 0.251. The highest BCUT2D eigenvalue weighted by Crippen LogP contribution is 2.14. The summed E-state index contributed by atoms with van der Waals surface area (Å²) in [7, 11) is 1.48. The molecular weight excluding hydrogens is 288 g/mol. The molecule has 0 fully saturated rings. The molecule has 1 rings (SSSR count). The summed E-state index contributed by atoms with van der Waals surface area (Å²) in [5, 5.41) is 44.4. The number of carbonyl (C=O) groups is 1. The van der Waals surface area contributed by atoms with Crippen LogP contribution in [0.15, 0.2) is 10.5 Å². The van der Waals surface area contributed by atoms with Crippen molar-refractivity contribution in [2.24, 2.45) is 5.10 Å². The molecule has 0 aliphatic carbocycles. The van der Waals surface area contributed by atoms with Gasteiger partial charge in [0.1, 0.15) is 24.0 Å². The van der Waals surface area contributed by atoms with Crippen molar-refractivity contribution in [1.82, 2.24) is 10.3 Å². The van der Waals surface area contributed by atoms with E-state index < -0.39 is 24.9 Å². The fourth-order valence-corrected chi connectivity index (χ4v) is 1.79. The van der Waals surface area contributed by atoms with Crippen LogP contribution in [0.5, 0.6) is 0 Å². The first-order valence-corrected chi connectivity index (χ1v) is 6.49. The van der Waals surface area contributed by atoms with Crippen molar-refractivity contribution in [3.63, 3.8) is 0 Å². The number of hydrazone groups is 1. The molecule has 0 saturated heterocycles. The number of amides is 1. The Morgan fingerprint density at radius 3 is 2.85 bits per heavy atom. The van der Waals surface area contributed by atoms with Crippen LogP contribution in [0.25, 0.3) is 0 Å². The van der Waals surface area contributed by atoms with E-state index in [0.717, 1.165) is 17.6 Å². The van der Waals surface area contributed by atoms with Gasteiger partial charge in [0.25, 0.3) is 5.91 Å². The van der Waals surface area contributed by atoms with Crippen molar-refractivity contribution in [2.45, 2.75) is 18.3 Å². The SMILES string of the molecule is CNC(=O)c1csc(NN=CC(O)C(O)C(O)CO)n1. The first-order chi connectivity index (χ1) is 9.49. The maximum atomic E-state index is 11.2. The van der Waals surface area contributed by atoms with Gasteiger partial charge in [-0.2, -0.15) is 5.10 Å². The Balaban J connectivity index is 2.52. The van der Waals surface area contributed by atoms with E-state index in [9.17, 15) is 15.0 Å². The fourth-order valence-electron chi connectivity index (χ4n) is 1.15. The minimum absolute atomic E-state index is 0.228. The predicted octanol–water partition coefficient (Wildman–Crippen LogP) is -2.02. The zero-order chi connectivity index (χ0) is 15.1. The van der Waals surface area contributed by atoms with Crippen LogP contribution in [0.4, 0.5) is 5.13 Å². The van der Waals surface area contributed by atoms with E-state index in [1.807, 2.05) is 0 Å². The molecule has 0 spiro atoms. The second-order valence-corrected chi connectivity index (χ2v) is 4.60. The van der Waals surface area contributed by atoms with Crippen molar-refractivity contribution in [3.8, 4) is 0 Å². The van der Waals surface area contributed by atoms with Crippen LogP contribution < -0.4 is 10.7 Å². The van der Waals surface area contributed by atoms with Crippen LogP contribution in [0.2, 0.25) is 0 Å². The fraction of sp³-hybridized carbons (Fsp3) is 0.500. The van der Waals surface area contributed by atoms with Crippen LogP contribution >= 0.6 is 11.3 Å². The van der Waals surface area contributed by atoms with Gasteiger partial charge in [0.15, 0.2) is 0 Å². The molecule has 112 valence electrons. The summed E-state index contributed by atoms with van der Waals surface area (Å²) in [5.41, 5.74) is 2.70. The largest absolute Gasteiger partial charge is 0.394 e. The topological polar surface area (TPSA) is 147 Å². The zero-order valence-corrected chi connectivity index (χ0v) is 11.4. The number of aliphatic hydroxyl groups is 4. The molecule has 0 aliphatic rings. The molecule has 0 radical (unpaired) electrons. The molecule has 3 atom stereocenters. The van der Waals surface area contributed by atoms with Gasteiger partial charge in [0, 0.05) is 12.4 Å². The van der Waals surface area contributed by atoms with E-state index in [-0.39, 0.29) is 11.6 Å². The molecule has 20 heavy (non-hydrogen) atoms. The lowest BCUT2D eigenvalue weighted by atomic mass is 10.1. The summed E-state index contributed by atoms with van der Waals surface area (Å²) < 4.78 is 0. The van der Waals surface area contributed by atoms with Crippen molar-refractivity contribution >= 4 is 28.6 Å². The minimum atomic E-state index is -1.55. The highest BCUT2D eigenvalue weighted by molar-refractivity contribution is 7.13. The molecule has 0 bridgehead atoms. The minimum Gasteiger partial charge on any atom is -0.394 e. The standard InChI is InChI=1S/C10H16N4O5S/c1-11-9(19)5-4-20-10(13-5)14-12-2-6(16)8(18)7(17)3-15/h2,4,6-8,15-18H,3H2,1H3,(H,11,19)(H,13,14). The van der Waals surface area contributed by atoms with E-state index in [1.54, 1.807) is 0 Å². The van der Waals surface area contributed by atoms with Crippen LogP contribution in [-0.2, 0) is 0 Å². The molecule has 3 unspecified atom stereocenters. The second-order valence-electron chi connectivity index (χ2n) is 3.74. The van der Waals surface area contributed by atoms with Gasteiger partial charge in [-0.05, 0) is 0 Å². The highest BCUT2D eigenvalue weighted by Gasteiger charge is 2.22. The lowest BCUT2D eigenvalue weighted by molar-refractivity contribution is -0.0541. The monoisotopic (exact) mass is 304 g/mol. The average Bonchev–Trinajstić information content (AvgIpc) is 2.93. The van der Waals surface area contributed by atoms with Crippen molar-refractivity contribution in [1.29, 1.82) is 0 Å². The Hall–Kier alpha value is -1.59. The van der Waals surface area contributed by atoms with Crippen molar-refractivity contribution in [3.05, 3.63) is 11.1 Å². The number of carbonyl (C=O) groups excluding carboxylic acids is 1. The van der Waals surface area contributed by atoms with E-state index in [0.29, 0.717) is 5.13 Å². The number of hydrogen-bond donors (Lipinski definition) is 6. The van der Waals surface area contributed by atoms with Crippen LogP contribution in [-0.4, -0.2) is 69.5 Å². The lowest BCUT2D eigenvalue weighted by Crippen LogP contribution is -2.40.